The standard InChI is InChI=1S/C20H17N3OS/c1-14-11-12-21-18(13-14)22-20(25)23-19(24)17-9-7-16(8-10-17)15-5-3-2-4-6-15/h2-13H,1H3,(H2,21,22,23,24,25). The summed E-state index contributed by atoms with van der Waals surface area (Å²) in [6.45, 7) is 1.96. The molecule has 0 saturated heterocycles. The van der Waals surface area contributed by atoms with Crippen LogP contribution in [0, 0.1) is 6.92 Å². The Kier molecular flexibility index (Phi) is 5.16. The zero-order chi connectivity index (χ0) is 17.6. The van der Waals surface area contributed by atoms with Crippen molar-refractivity contribution >= 4 is 29.1 Å². The number of hydrogen-bond acceptors (Lipinski definition) is 3. The Bertz CT molecular complexity index is 892. The van der Waals surface area contributed by atoms with Crippen molar-refractivity contribution in [3.63, 3.8) is 0 Å². The predicted molar refractivity (Wildman–Crippen MR) is 105 cm³/mol. The van der Waals surface area contributed by atoms with E-state index >= 15 is 0 Å². The summed E-state index contributed by atoms with van der Waals surface area (Å²) in [5.41, 5.74) is 3.77. The lowest BCUT2D eigenvalue weighted by Gasteiger charge is -2.09. The number of carbonyl (C=O) groups excluding carboxylic acids is 1. The third-order valence-electron chi connectivity index (χ3n) is 3.64. The summed E-state index contributed by atoms with van der Waals surface area (Å²) in [4.78, 5) is 16.5. The van der Waals surface area contributed by atoms with Crippen LogP contribution in [0.15, 0.2) is 72.9 Å². The molecule has 0 spiro atoms. The first-order valence-corrected chi connectivity index (χ1v) is 8.23. The van der Waals surface area contributed by atoms with Crippen molar-refractivity contribution in [2.75, 3.05) is 5.32 Å². The molecular weight excluding hydrogens is 330 g/mol. The summed E-state index contributed by atoms with van der Waals surface area (Å²) in [7, 11) is 0. The third-order valence-corrected chi connectivity index (χ3v) is 3.84. The van der Waals surface area contributed by atoms with Crippen LogP contribution in [0.4, 0.5) is 5.82 Å². The van der Waals surface area contributed by atoms with Crippen LogP contribution in [-0.4, -0.2) is 16.0 Å². The molecule has 124 valence electrons. The first kappa shape index (κ1) is 16.8. The van der Waals surface area contributed by atoms with Gasteiger partial charge in [0.05, 0.1) is 0 Å². The molecule has 1 heterocycles. The fraction of sp³-hybridized carbons (Fsp3) is 0.0500. The Balaban J connectivity index is 1.64. The van der Waals surface area contributed by atoms with E-state index in [1.807, 2.05) is 61.5 Å². The number of thiocarbonyl (C=S) groups is 1. The summed E-state index contributed by atoms with van der Waals surface area (Å²) in [6, 6.07) is 21.2. The second-order valence-corrected chi connectivity index (χ2v) is 5.98. The molecule has 3 rings (SSSR count). The van der Waals surface area contributed by atoms with Crippen molar-refractivity contribution in [3.8, 4) is 11.1 Å². The monoisotopic (exact) mass is 347 g/mol. The zero-order valence-electron chi connectivity index (χ0n) is 13.7. The Morgan fingerprint density at radius 3 is 2.32 bits per heavy atom. The highest BCUT2D eigenvalue weighted by molar-refractivity contribution is 7.80. The number of pyridine rings is 1. The second kappa shape index (κ2) is 7.68. The molecule has 0 aliphatic heterocycles. The Morgan fingerprint density at radius 1 is 0.960 bits per heavy atom. The van der Waals surface area contributed by atoms with E-state index in [9.17, 15) is 4.79 Å². The van der Waals surface area contributed by atoms with E-state index < -0.39 is 0 Å². The molecule has 0 aliphatic carbocycles. The van der Waals surface area contributed by atoms with E-state index in [-0.39, 0.29) is 11.0 Å². The third kappa shape index (κ3) is 4.49. The molecule has 0 atom stereocenters. The molecule has 0 radical (unpaired) electrons. The van der Waals surface area contributed by atoms with Gasteiger partial charge in [0.1, 0.15) is 5.82 Å². The number of amides is 1. The lowest BCUT2D eigenvalue weighted by atomic mass is 10.0. The van der Waals surface area contributed by atoms with E-state index in [1.54, 1.807) is 18.3 Å². The molecule has 0 bridgehead atoms. The van der Waals surface area contributed by atoms with Gasteiger partial charge in [0, 0.05) is 11.8 Å². The molecule has 25 heavy (non-hydrogen) atoms. The van der Waals surface area contributed by atoms with Crippen molar-refractivity contribution in [2.45, 2.75) is 6.92 Å². The smallest absolute Gasteiger partial charge is 0.257 e. The van der Waals surface area contributed by atoms with Crippen molar-refractivity contribution in [1.82, 2.24) is 10.3 Å². The molecule has 5 heteroatoms. The number of hydrogen-bond donors (Lipinski definition) is 2. The minimum atomic E-state index is -0.259. The molecule has 0 saturated carbocycles. The molecule has 0 unspecified atom stereocenters. The van der Waals surface area contributed by atoms with E-state index in [1.165, 1.54) is 0 Å². The number of nitrogens with one attached hydrogen (secondary N) is 2. The molecule has 1 aromatic heterocycles. The van der Waals surface area contributed by atoms with Crippen LogP contribution in [-0.2, 0) is 0 Å². The van der Waals surface area contributed by atoms with Crippen LogP contribution in [0.1, 0.15) is 15.9 Å². The molecule has 0 fully saturated rings. The number of carbonyl (C=O) groups is 1. The number of aromatic nitrogens is 1. The normalized spacial score (nSPS) is 10.1. The number of benzene rings is 2. The van der Waals surface area contributed by atoms with Crippen LogP contribution in [0.2, 0.25) is 0 Å². The number of nitrogens with zero attached hydrogens (tertiary/aromatic N) is 1. The number of rotatable bonds is 3. The average Bonchev–Trinajstić information content (AvgIpc) is 2.62. The topological polar surface area (TPSA) is 54.0 Å². The fourth-order valence-corrected chi connectivity index (χ4v) is 2.57. The average molecular weight is 347 g/mol. The van der Waals surface area contributed by atoms with Crippen LogP contribution >= 0.6 is 12.2 Å². The maximum atomic E-state index is 12.3. The van der Waals surface area contributed by atoms with E-state index in [4.69, 9.17) is 12.2 Å². The van der Waals surface area contributed by atoms with E-state index in [0.29, 0.717) is 11.4 Å². The summed E-state index contributed by atoms with van der Waals surface area (Å²) >= 11 is 5.17. The van der Waals surface area contributed by atoms with Gasteiger partial charge in [-0.15, -0.1) is 0 Å². The van der Waals surface area contributed by atoms with E-state index in [2.05, 4.69) is 15.6 Å². The Hall–Kier alpha value is -3.05. The minimum Gasteiger partial charge on any atom is -0.317 e. The fourth-order valence-electron chi connectivity index (χ4n) is 2.37. The second-order valence-electron chi connectivity index (χ2n) is 5.57. The van der Waals surface area contributed by atoms with Gasteiger partial charge in [-0.1, -0.05) is 42.5 Å². The van der Waals surface area contributed by atoms with Crippen LogP contribution in [0.5, 0.6) is 0 Å². The summed E-state index contributed by atoms with van der Waals surface area (Å²) in [5.74, 6) is 0.342. The Labute approximate surface area is 151 Å². The van der Waals surface area contributed by atoms with Crippen molar-refractivity contribution in [3.05, 3.63) is 84.1 Å². The van der Waals surface area contributed by atoms with Crippen molar-refractivity contribution in [2.24, 2.45) is 0 Å². The van der Waals surface area contributed by atoms with Crippen molar-refractivity contribution < 1.29 is 4.79 Å². The molecular formula is C20H17N3OS. The predicted octanol–water partition coefficient (Wildman–Crippen LogP) is 4.18. The number of aryl methyl sites for hydroxylation is 1. The van der Waals surface area contributed by atoms with Crippen molar-refractivity contribution in [1.29, 1.82) is 0 Å². The molecule has 4 nitrogen and oxygen atoms in total. The molecule has 2 aromatic carbocycles. The number of anilines is 1. The molecule has 1 amide bonds. The van der Waals surface area contributed by atoms with Gasteiger partial charge in [-0.3, -0.25) is 10.1 Å². The summed E-state index contributed by atoms with van der Waals surface area (Å²) in [6.07, 6.45) is 1.68. The summed E-state index contributed by atoms with van der Waals surface area (Å²) in [5, 5.41) is 5.79. The van der Waals surface area contributed by atoms with E-state index in [0.717, 1.165) is 16.7 Å². The van der Waals surface area contributed by atoms with Gasteiger partial charge in [0.25, 0.3) is 5.91 Å². The maximum Gasteiger partial charge on any atom is 0.257 e. The largest absolute Gasteiger partial charge is 0.317 e. The van der Waals surface area contributed by atoms with Crippen LogP contribution in [0.25, 0.3) is 11.1 Å². The highest BCUT2D eigenvalue weighted by atomic mass is 32.1. The highest BCUT2D eigenvalue weighted by Gasteiger charge is 2.09. The maximum absolute atomic E-state index is 12.3. The highest BCUT2D eigenvalue weighted by Crippen LogP contribution is 2.19. The van der Waals surface area contributed by atoms with Gasteiger partial charge in [-0.05, 0) is 60.1 Å². The first-order chi connectivity index (χ1) is 12.1. The molecule has 2 N–H and O–H groups in total. The Morgan fingerprint density at radius 2 is 1.64 bits per heavy atom. The van der Waals surface area contributed by atoms with Gasteiger partial charge in [-0.25, -0.2) is 4.98 Å². The van der Waals surface area contributed by atoms with Gasteiger partial charge in [0.15, 0.2) is 5.11 Å². The van der Waals surface area contributed by atoms with Gasteiger partial charge in [0.2, 0.25) is 0 Å². The minimum absolute atomic E-state index is 0.218. The first-order valence-electron chi connectivity index (χ1n) is 7.82. The van der Waals surface area contributed by atoms with Crippen LogP contribution < -0.4 is 10.6 Å². The van der Waals surface area contributed by atoms with Crippen LogP contribution in [0.3, 0.4) is 0 Å². The summed E-state index contributed by atoms with van der Waals surface area (Å²) < 4.78 is 0. The lowest BCUT2D eigenvalue weighted by molar-refractivity contribution is 0.0978. The van der Waals surface area contributed by atoms with Gasteiger partial charge < -0.3 is 5.32 Å². The zero-order valence-corrected chi connectivity index (χ0v) is 14.5. The van der Waals surface area contributed by atoms with Gasteiger partial charge in [-0.2, -0.15) is 0 Å². The quantitative estimate of drug-likeness (QED) is 0.698. The molecule has 0 aliphatic rings. The molecule has 3 aromatic rings. The van der Waals surface area contributed by atoms with Gasteiger partial charge >= 0.3 is 0 Å². The lowest BCUT2D eigenvalue weighted by Crippen LogP contribution is -2.34. The SMILES string of the molecule is Cc1ccnc(NC(=S)NC(=O)c2ccc(-c3ccccc3)cc2)c1.